The highest BCUT2D eigenvalue weighted by Crippen LogP contribution is 2.44. The molecule has 9 nitrogen and oxygen atoms in total. The first-order chi connectivity index (χ1) is 21.6. The molecule has 2 aromatic carbocycles. The Kier molecular flexibility index (Phi) is 9.95. The van der Waals surface area contributed by atoms with Crippen LogP contribution in [0.25, 0.3) is 11.3 Å². The summed E-state index contributed by atoms with van der Waals surface area (Å²) in [5.41, 5.74) is -1.23. The van der Waals surface area contributed by atoms with Gasteiger partial charge in [-0.1, -0.05) is 41.4 Å². The molecule has 1 aliphatic carbocycles. The predicted octanol–water partition coefficient (Wildman–Crippen LogP) is 6.64. The second-order valence-corrected chi connectivity index (χ2v) is 14.9. The number of allylic oxidation sites excluding steroid dienone is 2. The number of hydrogen-bond acceptors (Lipinski definition) is 7. The molecule has 4 rings (SSSR count). The molecule has 0 unspecified atom stereocenters. The van der Waals surface area contributed by atoms with Crippen molar-refractivity contribution in [3.8, 4) is 5.69 Å². The van der Waals surface area contributed by atoms with Gasteiger partial charge in [-0.2, -0.15) is 0 Å². The topological polar surface area (TPSA) is 136 Å². The highest BCUT2D eigenvalue weighted by atomic mass is 35.5. The Balaban J connectivity index is 1.77. The van der Waals surface area contributed by atoms with E-state index in [1.54, 1.807) is 67.1 Å². The zero-order valence-electron chi connectivity index (χ0n) is 26.0. The van der Waals surface area contributed by atoms with E-state index in [4.69, 9.17) is 38.0 Å². The van der Waals surface area contributed by atoms with Crippen LogP contribution in [0, 0.1) is 0 Å². The Morgan fingerprint density at radius 3 is 2.19 bits per heavy atom. The number of rotatable bonds is 10. The maximum atomic E-state index is 15.5. The summed E-state index contributed by atoms with van der Waals surface area (Å²) in [6.45, 7) is 5.89. The van der Waals surface area contributed by atoms with Crippen molar-refractivity contribution in [3.63, 3.8) is 0 Å². The fourth-order valence-corrected chi connectivity index (χ4v) is 7.08. The highest BCUT2D eigenvalue weighted by molar-refractivity contribution is 7.94. The number of aliphatic carboxylic acids is 1. The summed E-state index contributed by atoms with van der Waals surface area (Å²) in [5.74, 6) is -5.90. The number of esters is 1. The van der Waals surface area contributed by atoms with Gasteiger partial charge in [-0.05, 0) is 69.2 Å². The second-order valence-electron chi connectivity index (χ2n) is 12.1. The molecule has 0 atom stereocenters. The third-order valence-corrected chi connectivity index (χ3v) is 9.37. The molecule has 0 aliphatic heterocycles. The number of carboxylic acid groups (broad SMARTS) is 1. The second kappa shape index (κ2) is 13.0. The number of sulfone groups is 1. The Morgan fingerprint density at radius 2 is 1.66 bits per heavy atom. The summed E-state index contributed by atoms with van der Waals surface area (Å²) < 4.78 is 62.7. The van der Waals surface area contributed by atoms with Crippen molar-refractivity contribution >= 4 is 50.6 Å². The van der Waals surface area contributed by atoms with Crippen LogP contribution in [0.5, 0.6) is 0 Å². The molecular weight excluding hydrogens is 677 g/mol. The van der Waals surface area contributed by atoms with Crippen LogP contribution in [0.15, 0.2) is 77.4 Å². The summed E-state index contributed by atoms with van der Waals surface area (Å²) in [7, 11) is -4.22. The fraction of sp³-hybridized carbons (Fsp3) is 0.303. The number of imidazole rings is 1. The quantitative estimate of drug-likeness (QED) is 0.177. The maximum Gasteiger partial charge on any atom is 0.331 e. The fourth-order valence-electron chi connectivity index (χ4n) is 5.20. The number of nitrogens with zero attached hydrogens (tertiary/aromatic N) is 2. The Labute approximate surface area is 280 Å². The molecule has 250 valence electrons. The number of carbonyl (C=O) groups excluding carboxylic acids is 1. The van der Waals surface area contributed by atoms with Gasteiger partial charge in [0.15, 0.2) is 9.84 Å². The molecule has 1 heterocycles. The van der Waals surface area contributed by atoms with Crippen LogP contribution in [0.3, 0.4) is 0 Å². The van der Waals surface area contributed by atoms with E-state index in [1.807, 2.05) is 13.8 Å². The van der Waals surface area contributed by atoms with Crippen LogP contribution in [-0.2, 0) is 35.2 Å². The molecule has 0 bridgehead atoms. The molecule has 0 saturated heterocycles. The lowest BCUT2D eigenvalue weighted by atomic mass is 9.83. The Hall–Kier alpha value is -3.84. The zero-order valence-corrected chi connectivity index (χ0v) is 28.3. The van der Waals surface area contributed by atoms with Gasteiger partial charge in [0.25, 0.3) is 5.92 Å². The maximum absolute atomic E-state index is 15.5. The monoisotopic (exact) mass is 708 g/mol. The minimum Gasteiger partial charge on any atom is -0.478 e. The van der Waals surface area contributed by atoms with Gasteiger partial charge < -0.3 is 19.5 Å². The number of benzene rings is 2. The summed E-state index contributed by atoms with van der Waals surface area (Å²) in [6, 6.07) is 11.6. The molecule has 14 heteroatoms. The molecule has 0 saturated carbocycles. The smallest absolute Gasteiger partial charge is 0.331 e. The first-order valence-electron chi connectivity index (χ1n) is 14.1. The first kappa shape index (κ1) is 36.0. The van der Waals surface area contributed by atoms with E-state index in [-0.39, 0.29) is 5.57 Å². The van der Waals surface area contributed by atoms with Crippen molar-refractivity contribution in [2.75, 3.05) is 12.9 Å². The molecule has 0 radical (unpaired) electrons. The van der Waals surface area contributed by atoms with E-state index in [2.05, 4.69) is 0 Å². The largest absolute Gasteiger partial charge is 0.478 e. The van der Waals surface area contributed by atoms with Crippen molar-refractivity contribution in [2.24, 2.45) is 0 Å². The lowest BCUT2D eigenvalue weighted by Crippen LogP contribution is -2.30. The van der Waals surface area contributed by atoms with E-state index < -0.39 is 62.2 Å². The van der Waals surface area contributed by atoms with Gasteiger partial charge in [0, 0.05) is 52.3 Å². The normalized spacial score (nSPS) is 15.6. The summed E-state index contributed by atoms with van der Waals surface area (Å²) in [4.78, 5) is 26.5. The van der Waals surface area contributed by atoms with Crippen molar-refractivity contribution in [2.45, 2.75) is 51.1 Å². The average Bonchev–Trinajstić information content (AvgIpc) is 3.42. The molecule has 0 spiro atoms. The van der Waals surface area contributed by atoms with Gasteiger partial charge >= 0.3 is 11.9 Å². The lowest BCUT2D eigenvalue weighted by Gasteiger charge is -2.28. The van der Waals surface area contributed by atoms with Crippen molar-refractivity contribution in [3.05, 3.63) is 110 Å². The molecule has 1 aromatic heterocycles. The van der Waals surface area contributed by atoms with Gasteiger partial charge in [0.1, 0.15) is 18.0 Å². The van der Waals surface area contributed by atoms with Crippen LogP contribution in [0.2, 0.25) is 10.0 Å². The molecule has 3 aromatic rings. The van der Waals surface area contributed by atoms with E-state index >= 15 is 8.78 Å². The summed E-state index contributed by atoms with van der Waals surface area (Å²) >= 11 is 13.1. The van der Waals surface area contributed by atoms with Crippen molar-refractivity contribution < 1.29 is 41.7 Å². The van der Waals surface area contributed by atoms with Crippen molar-refractivity contribution in [1.29, 1.82) is 0 Å². The Bertz CT molecular complexity index is 1920. The van der Waals surface area contributed by atoms with E-state index in [9.17, 15) is 23.1 Å². The van der Waals surface area contributed by atoms with Gasteiger partial charge in [-0.15, -0.1) is 0 Å². The number of ether oxygens (including phenoxy) is 1. The van der Waals surface area contributed by atoms with Crippen molar-refractivity contribution in [1.82, 2.24) is 9.55 Å². The number of aromatic nitrogens is 2. The van der Waals surface area contributed by atoms with Crippen LogP contribution < -0.4 is 0 Å². The molecule has 0 amide bonds. The minimum absolute atomic E-state index is 0.0223. The number of alkyl halides is 2. The van der Waals surface area contributed by atoms with Gasteiger partial charge in [-0.25, -0.2) is 31.8 Å². The molecule has 0 fully saturated rings. The number of halogens is 4. The highest BCUT2D eigenvalue weighted by Gasteiger charge is 2.43. The first-order valence-corrected chi connectivity index (χ1v) is 16.8. The number of carbonyl (C=O) groups is 2. The van der Waals surface area contributed by atoms with Crippen LogP contribution in [0.4, 0.5) is 8.78 Å². The number of carboxylic acids is 1. The third-order valence-electron chi connectivity index (χ3n) is 7.57. The van der Waals surface area contributed by atoms with Gasteiger partial charge in [0.2, 0.25) is 0 Å². The van der Waals surface area contributed by atoms with E-state index in [0.29, 0.717) is 50.5 Å². The zero-order chi connectivity index (χ0) is 35.1. The molecular formula is C33H32Cl2F2N2O7S. The SMILES string of the molecule is CC(C)(O)c1cn(-c2ccc(C3=CC(S(C)(=O)=O)=C(COC(=O)C=CC(=O)O)C(F)(F)C3)cc2)c(C(C)(C)c2c(Cl)cccc2Cl)n1. The molecule has 1 aliphatic rings. The standard InChI is InChI=1S/C33H32Cl2F2N2O7S/c1-31(2,29-23(34)7-6-8-24(29)35)30-38-26(32(3,4)43)17-39(30)21-11-9-19(10-12-21)20-15-25(47(5,44)45)22(33(36,37)16-20)18-46-28(42)14-13-27(40)41/h6-15,17,43H,16,18H2,1-5H3,(H,40,41). The van der Waals surface area contributed by atoms with Crippen LogP contribution in [-0.4, -0.2) is 58.9 Å². The van der Waals surface area contributed by atoms with Gasteiger partial charge in [0.05, 0.1) is 21.6 Å². The lowest BCUT2D eigenvalue weighted by molar-refractivity contribution is -0.138. The summed E-state index contributed by atoms with van der Waals surface area (Å²) in [6.07, 6.45) is 3.67. The van der Waals surface area contributed by atoms with Crippen LogP contribution >= 0.6 is 23.2 Å². The Morgan fingerprint density at radius 1 is 1.06 bits per heavy atom. The van der Waals surface area contributed by atoms with Gasteiger partial charge in [-0.3, -0.25) is 0 Å². The number of hydrogen-bond donors (Lipinski definition) is 2. The summed E-state index contributed by atoms with van der Waals surface area (Å²) in [5, 5.41) is 20.3. The van der Waals surface area contributed by atoms with E-state index in [0.717, 1.165) is 12.3 Å². The number of aliphatic hydroxyl groups is 1. The van der Waals surface area contributed by atoms with Crippen LogP contribution in [0.1, 0.15) is 56.8 Å². The van der Waals surface area contributed by atoms with E-state index in [1.165, 1.54) is 0 Å². The molecule has 2 N–H and O–H groups in total. The predicted molar refractivity (Wildman–Crippen MR) is 175 cm³/mol. The average molecular weight is 710 g/mol. The minimum atomic E-state index is -4.22. The molecule has 47 heavy (non-hydrogen) atoms. The third kappa shape index (κ3) is 7.83.